The molecule has 0 radical (unpaired) electrons. The first-order chi connectivity index (χ1) is 8.81. The van der Waals surface area contributed by atoms with E-state index in [9.17, 15) is 0 Å². The van der Waals surface area contributed by atoms with Crippen molar-refractivity contribution in [1.29, 1.82) is 0 Å². The molecule has 100 valence electrons. The standard InChI is InChI=1S/C13H20N2O2S/c1-2-3-16-11-6-10(7-15-8-11)13(14)12-9-18-5-4-17-12/h6-8,12-13H,2-5,9,14H2,1H3. The van der Waals surface area contributed by atoms with Gasteiger partial charge in [0.1, 0.15) is 5.75 Å². The zero-order valence-electron chi connectivity index (χ0n) is 10.7. The zero-order chi connectivity index (χ0) is 12.8. The van der Waals surface area contributed by atoms with Crippen molar-refractivity contribution in [2.45, 2.75) is 25.5 Å². The van der Waals surface area contributed by atoms with Crippen LogP contribution in [0.15, 0.2) is 18.5 Å². The molecule has 2 N–H and O–H groups in total. The lowest BCUT2D eigenvalue weighted by Crippen LogP contribution is -2.34. The van der Waals surface area contributed by atoms with Gasteiger partial charge in [-0.25, -0.2) is 0 Å². The highest BCUT2D eigenvalue weighted by molar-refractivity contribution is 7.99. The molecule has 1 aliphatic heterocycles. The van der Waals surface area contributed by atoms with Gasteiger partial charge in [-0.05, 0) is 18.1 Å². The maximum atomic E-state index is 6.23. The Labute approximate surface area is 112 Å². The number of nitrogens with zero attached hydrogens (tertiary/aromatic N) is 1. The highest BCUT2D eigenvalue weighted by Crippen LogP contribution is 2.25. The van der Waals surface area contributed by atoms with Crippen molar-refractivity contribution in [1.82, 2.24) is 4.98 Å². The minimum atomic E-state index is -0.129. The van der Waals surface area contributed by atoms with Gasteiger partial charge in [-0.2, -0.15) is 11.8 Å². The van der Waals surface area contributed by atoms with Crippen LogP contribution in [0, 0.1) is 0 Å². The average Bonchev–Trinajstić information content (AvgIpc) is 2.45. The van der Waals surface area contributed by atoms with Crippen molar-refractivity contribution in [3.8, 4) is 5.75 Å². The van der Waals surface area contributed by atoms with Gasteiger partial charge in [0.2, 0.25) is 0 Å². The number of rotatable bonds is 5. The van der Waals surface area contributed by atoms with Gasteiger partial charge in [0, 0.05) is 17.7 Å². The van der Waals surface area contributed by atoms with Gasteiger partial charge in [-0.15, -0.1) is 0 Å². The van der Waals surface area contributed by atoms with E-state index >= 15 is 0 Å². The van der Waals surface area contributed by atoms with Crippen LogP contribution in [-0.4, -0.2) is 35.8 Å². The largest absolute Gasteiger partial charge is 0.492 e. The van der Waals surface area contributed by atoms with Crippen molar-refractivity contribution in [2.75, 3.05) is 24.7 Å². The molecule has 18 heavy (non-hydrogen) atoms. The number of pyridine rings is 1. The van der Waals surface area contributed by atoms with E-state index in [1.165, 1.54) is 0 Å². The third kappa shape index (κ3) is 3.60. The monoisotopic (exact) mass is 268 g/mol. The van der Waals surface area contributed by atoms with Crippen LogP contribution >= 0.6 is 11.8 Å². The van der Waals surface area contributed by atoms with Crippen LogP contribution in [0.4, 0.5) is 0 Å². The maximum absolute atomic E-state index is 6.23. The van der Waals surface area contributed by atoms with Crippen molar-refractivity contribution < 1.29 is 9.47 Å². The summed E-state index contributed by atoms with van der Waals surface area (Å²) in [6, 6.07) is 1.84. The lowest BCUT2D eigenvalue weighted by Gasteiger charge is -2.27. The number of hydrogen-bond donors (Lipinski definition) is 1. The second kappa shape index (κ2) is 6.97. The van der Waals surface area contributed by atoms with E-state index in [-0.39, 0.29) is 12.1 Å². The lowest BCUT2D eigenvalue weighted by molar-refractivity contribution is 0.0568. The molecule has 2 heterocycles. The Morgan fingerprint density at radius 2 is 2.50 bits per heavy atom. The molecule has 0 aromatic carbocycles. The van der Waals surface area contributed by atoms with Gasteiger partial charge in [0.05, 0.1) is 31.6 Å². The second-order valence-corrected chi connectivity index (χ2v) is 5.46. The first kappa shape index (κ1) is 13.6. The highest BCUT2D eigenvalue weighted by atomic mass is 32.2. The first-order valence-electron chi connectivity index (χ1n) is 6.34. The predicted octanol–water partition coefficient (Wildman–Crippen LogP) is 2.00. The van der Waals surface area contributed by atoms with Crippen molar-refractivity contribution >= 4 is 11.8 Å². The van der Waals surface area contributed by atoms with Gasteiger partial charge < -0.3 is 15.2 Å². The smallest absolute Gasteiger partial charge is 0.137 e. The Balaban J connectivity index is 2.02. The molecule has 2 unspecified atom stereocenters. The van der Waals surface area contributed by atoms with Crippen LogP contribution in [0.5, 0.6) is 5.75 Å². The average molecular weight is 268 g/mol. The molecule has 0 bridgehead atoms. The number of ether oxygens (including phenoxy) is 2. The molecule has 2 rings (SSSR count). The summed E-state index contributed by atoms with van der Waals surface area (Å²) in [7, 11) is 0. The fourth-order valence-electron chi connectivity index (χ4n) is 1.84. The van der Waals surface area contributed by atoms with Gasteiger partial charge in [0.15, 0.2) is 0 Å². The van der Waals surface area contributed by atoms with E-state index in [0.29, 0.717) is 6.61 Å². The van der Waals surface area contributed by atoms with E-state index < -0.39 is 0 Å². The van der Waals surface area contributed by atoms with E-state index in [2.05, 4.69) is 11.9 Å². The third-order valence-electron chi connectivity index (χ3n) is 2.83. The van der Waals surface area contributed by atoms with E-state index in [0.717, 1.165) is 35.8 Å². The normalized spacial score (nSPS) is 21.6. The van der Waals surface area contributed by atoms with Crippen LogP contribution in [0.2, 0.25) is 0 Å². The van der Waals surface area contributed by atoms with Gasteiger partial charge in [-0.1, -0.05) is 6.92 Å². The summed E-state index contributed by atoms with van der Waals surface area (Å²) in [5.74, 6) is 2.79. The van der Waals surface area contributed by atoms with E-state index in [4.69, 9.17) is 15.2 Å². The van der Waals surface area contributed by atoms with Gasteiger partial charge in [0.25, 0.3) is 0 Å². The van der Waals surface area contributed by atoms with Gasteiger partial charge >= 0.3 is 0 Å². The minimum Gasteiger partial charge on any atom is -0.492 e. The summed E-state index contributed by atoms with van der Waals surface area (Å²) in [5.41, 5.74) is 7.22. The molecule has 2 atom stereocenters. The Morgan fingerprint density at radius 3 is 3.22 bits per heavy atom. The molecule has 0 spiro atoms. The number of hydrogen-bond acceptors (Lipinski definition) is 5. The molecule has 4 nitrogen and oxygen atoms in total. The fourth-order valence-corrected chi connectivity index (χ4v) is 2.76. The molecule has 1 aliphatic rings. The summed E-state index contributed by atoms with van der Waals surface area (Å²) in [4.78, 5) is 4.19. The Kier molecular flexibility index (Phi) is 5.28. The van der Waals surface area contributed by atoms with Crippen molar-refractivity contribution in [3.63, 3.8) is 0 Å². The molecule has 1 saturated heterocycles. The second-order valence-electron chi connectivity index (χ2n) is 4.31. The Bertz CT molecular complexity index is 370. The maximum Gasteiger partial charge on any atom is 0.137 e. The first-order valence-corrected chi connectivity index (χ1v) is 7.49. The Hall–Kier alpha value is -0.780. The summed E-state index contributed by atoms with van der Waals surface area (Å²) in [5, 5.41) is 0. The number of thioether (sulfide) groups is 1. The number of aromatic nitrogens is 1. The molecular weight excluding hydrogens is 248 g/mol. The number of nitrogens with two attached hydrogens (primary N) is 1. The van der Waals surface area contributed by atoms with Crippen molar-refractivity contribution in [2.24, 2.45) is 5.73 Å². The zero-order valence-corrected chi connectivity index (χ0v) is 11.5. The van der Waals surface area contributed by atoms with Gasteiger partial charge in [-0.3, -0.25) is 4.98 Å². The molecule has 0 saturated carbocycles. The third-order valence-corrected chi connectivity index (χ3v) is 3.85. The SMILES string of the molecule is CCCOc1cncc(C(N)C2CSCCO2)c1. The quantitative estimate of drug-likeness (QED) is 0.885. The topological polar surface area (TPSA) is 57.4 Å². The van der Waals surface area contributed by atoms with Crippen LogP contribution in [0.3, 0.4) is 0 Å². The fraction of sp³-hybridized carbons (Fsp3) is 0.615. The summed E-state index contributed by atoms with van der Waals surface area (Å²) in [6.07, 6.45) is 4.58. The molecular formula is C13H20N2O2S. The van der Waals surface area contributed by atoms with Crippen LogP contribution in [-0.2, 0) is 4.74 Å². The molecule has 1 aromatic rings. The Morgan fingerprint density at radius 1 is 1.61 bits per heavy atom. The van der Waals surface area contributed by atoms with Crippen LogP contribution in [0.25, 0.3) is 0 Å². The summed E-state index contributed by atoms with van der Waals surface area (Å²) < 4.78 is 11.3. The van der Waals surface area contributed by atoms with E-state index in [1.807, 2.05) is 17.8 Å². The minimum absolute atomic E-state index is 0.0759. The highest BCUT2D eigenvalue weighted by Gasteiger charge is 2.23. The molecule has 1 fully saturated rings. The molecule has 1 aromatic heterocycles. The van der Waals surface area contributed by atoms with Crippen LogP contribution < -0.4 is 10.5 Å². The predicted molar refractivity (Wildman–Crippen MR) is 74.0 cm³/mol. The van der Waals surface area contributed by atoms with Crippen molar-refractivity contribution in [3.05, 3.63) is 24.0 Å². The van der Waals surface area contributed by atoms with Crippen LogP contribution in [0.1, 0.15) is 24.9 Å². The summed E-state index contributed by atoms with van der Waals surface area (Å²) >= 11 is 1.89. The lowest BCUT2D eigenvalue weighted by atomic mass is 10.1. The summed E-state index contributed by atoms with van der Waals surface area (Å²) in [6.45, 7) is 3.56. The van der Waals surface area contributed by atoms with E-state index in [1.54, 1.807) is 12.4 Å². The molecule has 5 heteroatoms. The molecule has 0 aliphatic carbocycles. The molecule has 0 amide bonds.